The smallest absolute Gasteiger partial charge is 0.248 e. The molecule has 2 atom stereocenters. The van der Waals surface area contributed by atoms with E-state index in [0.717, 1.165) is 44.0 Å². The van der Waals surface area contributed by atoms with Gasteiger partial charge in [0.2, 0.25) is 11.8 Å². The van der Waals surface area contributed by atoms with Gasteiger partial charge in [-0.2, -0.15) is 0 Å². The molecule has 2 fully saturated rings. The van der Waals surface area contributed by atoms with E-state index in [1.54, 1.807) is 54.2 Å². The largest absolute Gasteiger partial charge is 0.386 e. The molecule has 0 spiro atoms. The van der Waals surface area contributed by atoms with E-state index in [0.29, 0.717) is 70.4 Å². The molecular weight excluding hydrogens is 993 g/mol. The SMILES string of the molecule is [2H]C([2H])([2H])c1nnn(C)c1-c1cnc2c3ccc(C(C)(C)O)cc3n(C(c3ccccc3)C3CCC(F)(F)CC3)c2c1.[2H]C([2H])([2H])c1nnn(C)c1-c1cnc2c3ccc(C(C)(C)O)cc3n(C(c3ccccc3)C3CCC(F)(F)CC3)c2c1. The van der Waals surface area contributed by atoms with Gasteiger partial charge < -0.3 is 19.3 Å². The van der Waals surface area contributed by atoms with Gasteiger partial charge >= 0.3 is 0 Å². The summed E-state index contributed by atoms with van der Waals surface area (Å²) >= 11 is 0. The number of aryl methyl sites for hydroxylation is 4. The van der Waals surface area contributed by atoms with Crippen LogP contribution in [0, 0.1) is 25.5 Å². The Hall–Kier alpha value is -7.30. The highest BCUT2D eigenvalue weighted by atomic mass is 19.3. The number of hydrogen-bond donors (Lipinski definition) is 2. The highest BCUT2D eigenvalue weighted by Gasteiger charge is 2.41. The first-order valence-electron chi connectivity index (χ1n) is 29.5. The maximum absolute atomic E-state index is 14.4. The van der Waals surface area contributed by atoms with Crippen LogP contribution in [-0.2, 0) is 25.3 Å². The molecule has 10 aromatic rings. The Balaban J connectivity index is 0.000000175. The average Bonchev–Trinajstić information content (AvgIpc) is 1.64. The Morgan fingerprint density at radius 2 is 0.910 bits per heavy atom. The second kappa shape index (κ2) is 19.9. The van der Waals surface area contributed by atoms with Gasteiger partial charge in [0.1, 0.15) is 0 Å². The number of fused-ring (bicyclic) bond motifs is 6. The van der Waals surface area contributed by atoms with Gasteiger partial charge in [0.15, 0.2) is 0 Å². The molecule has 2 N–H and O–H groups in total. The van der Waals surface area contributed by atoms with Gasteiger partial charge in [-0.15, -0.1) is 10.2 Å². The Kier molecular flexibility index (Phi) is 11.6. The molecule has 4 aromatic carbocycles. The molecule has 16 heteroatoms. The quantitative estimate of drug-likeness (QED) is 0.129. The zero-order valence-electron chi connectivity index (χ0n) is 50.4. The van der Waals surface area contributed by atoms with Crippen LogP contribution in [0.5, 0.6) is 0 Å². The van der Waals surface area contributed by atoms with Gasteiger partial charge in [-0.25, -0.2) is 26.9 Å². The zero-order chi connectivity index (χ0) is 60.1. The summed E-state index contributed by atoms with van der Waals surface area (Å²) in [5, 5.41) is 39.4. The first-order valence-corrected chi connectivity index (χ1v) is 26.5. The van der Waals surface area contributed by atoms with E-state index in [4.69, 9.17) is 18.2 Å². The molecule has 12 rings (SSSR count). The number of nitrogens with zero attached hydrogens (tertiary/aromatic N) is 10. The van der Waals surface area contributed by atoms with Crippen LogP contribution in [0.3, 0.4) is 0 Å². The van der Waals surface area contributed by atoms with E-state index in [1.165, 1.54) is 9.36 Å². The van der Waals surface area contributed by atoms with E-state index in [-0.39, 0.29) is 61.0 Å². The summed E-state index contributed by atoms with van der Waals surface area (Å²) in [6.45, 7) is 1.93. The zero-order valence-corrected chi connectivity index (χ0v) is 44.4. The lowest BCUT2D eigenvalue weighted by Gasteiger charge is -2.36. The molecule has 0 saturated heterocycles. The lowest BCUT2D eigenvalue weighted by atomic mass is 9.79. The maximum Gasteiger partial charge on any atom is 0.248 e. The molecule has 2 saturated carbocycles. The second-order valence-electron chi connectivity index (χ2n) is 22.4. The van der Waals surface area contributed by atoms with Crippen molar-refractivity contribution in [2.75, 3.05) is 0 Å². The van der Waals surface area contributed by atoms with Gasteiger partial charge in [-0.05, 0) is 125 Å². The van der Waals surface area contributed by atoms with Crippen LogP contribution in [0.1, 0.15) is 133 Å². The fourth-order valence-corrected chi connectivity index (χ4v) is 12.1. The molecular formula is C62H66F4N10O2. The molecule has 0 radical (unpaired) electrons. The predicted molar refractivity (Wildman–Crippen MR) is 297 cm³/mol. The number of benzene rings is 4. The van der Waals surface area contributed by atoms with E-state index in [2.05, 4.69) is 29.8 Å². The molecule has 2 aliphatic carbocycles. The van der Waals surface area contributed by atoms with E-state index < -0.39 is 36.8 Å². The number of pyridine rings is 2. The minimum atomic E-state index is -2.68. The van der Waals surface area contributed by atoms with Crippen LogP contribution in [-0.4, -0.2) is 71.1 Å². The number of aromatic nitrogens is 10. The Morgan fingerprint density at radius 1 is 0.538 bits per heavy atom. The van der Waals surface area contributed by atoms with Gasteiger partial charge in [0.25, 0.3) is 0 Å². The van der Waals surface area contributed by atoms with Gasteiger partial charge in [-0.1, -0.05) is 95.4 Å². The number of rotatable bonds is 10. The molecule has 12 nitrogen and oxygen atoms in total. The van der Waals surface area contributed by atoms with Gasteiger partial charge in [0, 0.05) is 82.3 Å². The summed E-state index contributed by atoms with van der Waals surface area (Å²) in [5.74, 6) is -5.53. The molecule has 2 unspecified atom stereocenters. The van der Waals surface area contributed by atoms with Crippen molar-refractivity contribution in [2.45, 2.75) is 128 Å². The van der Waals surface area contributed by atoms with Crippen molar-refractivity contribution < 1.29 is 36.0 Å². The van der Waals surface area contributed by atoms with E-state index in [1.807, 2.05) is 109 Å². The van der Waals surface area contributed by atoms with Crippen molar-refractivity contribution in [3.05, 3.63) is 155 Å². The maximum atomic E-state index is 14.4. The van der Waals surface area contributed by atoms with Crippen LogP contribution in [0.2, 0.25) is 0 Å². The number of halogens is 4. The Morgan fingerprint density at radius 3 is 1.26 bits per heavy atom. The average molecular weight is 1070 g/mol. The molecule has 0 aliphatic heterocycles. The molecule has 0 amide bonds. The monoisotopic (exact) mass is 1060 g/mol. The normalized spacial score (nSPS) is 18.7. The number of aliphatic hydroxyl groups is 2. The molecule has 0 bridgehead atoms. The third kappa shape index (κ3) is 9.86. The third-order valence-corrected chi connectivity index (χ3v) is 16.1. The Labute approximate surface area is 459 Å². The van der Waals surface area contributed by atoms with Crippen molar-refractivity contribution in [3.8, 4) is 22.5 Å². The summed E-state index contributed by atoms with van der Waals surface area (Å²) in [5.41, 5.74) is 7.18. The molecule has 6 heterocycles. The molecule has 6 aromatic heterocycles. The lowest BCUT2D eigenvalue weighted by Crippen LogP contribution is -2.30. The van der Waals surface area contributed by atoms with E-state index in [9.17, 15) is 27.8 Å². The Bertz CT molecular complexity index is 3790. The van der Waals surface area contributed by atoms with Crippen LogP contribution in [0.25, 0.3) is 66.4 Å². The summed E-state index contributed by atoms with van der Waals surface area (Å²) in [7, 11) is 3.28. The van der Waals surface area contributed by atoms with Crippen molar-refractivity contribution in [1.29, 1.82) is 0 Å². The van der Waals surface area contributed by atoms with Crippen LogP contribution < -0.4 is 0 Å². The van der Waals surface area contributed by atoms with Gasteiger partial charge in [0.05, 0.1) is 79.2 Å². The van der Waals surface area contributed by atoms with Crippen molar-refractivity contribution in [1.82, 2.24) is 49.1 Å². The first-order chi connectivity index (χ1) is 39.5. The topological polar surface area (TPSA) is 138 Å². The molecule has 2 aliphatic rings. The minimum absolute atomic E-state index is 0.0865. The minimum Gasteiger partial charge on any atom is -0.386 e. The molecule has 404 valence electrons. The van der Waals surface area contributed by atoms with E-state index >= 15 is 0 Å². The van der Waals surface area contributed by atoms with Crippen molar-refractivity contribution in [3.63, 3.8) is 0 Å². The summed E-state index contributed by atoms with van der Waals surface area (Å²) in [4.78, 5) is 9.66. The summed E-state index contributed by atoms with van der Waals surface area (Å²) < 4.78 is 113. The predicted octanol–water partition coefficient (Wildman–Crippen LogP) is 13.9. The van der Waals surface area contributed by atoms with Crippen molar-refractivity contribution in [2.24, 2.45) is 25.9 Å². The highest BCUT2D eigenvalue weighted by molar-refractivity contribution is 6.08. The fraction of sp³-hybridized carbons (Fsp3) is 0.387. The summed E-state index contributed by atoms with van der Waals surface area (Å²) in [6, 6.07) is 34.4. The number of alkyl halides is 4. The lowest BCUT2D eigenvalue weighted by molar-refractivity contribution is -0.0498. The highest BCUT2D eigenvalue weighted by Crippen LogP contribution is 2.49. The third-order valence-electron chi connectivity index (χ3n) is 16.1. The fourth-order valence-electron chi connectivity index (χ4n) is 12.1. The summed E-state index contributed by atoms with van der Waals surface area (Å²) in [6.07, 6.45) is 3.92. The first kappa shape index (κ1) is 45.7. The van der Waals surface area contributed by atoms with Crippen LogP contribution in [0.15, 0.2) is 122 Å². The standard InChI is InChI=1S/2C31H33F2N5O/c2*1-19-28(37(4)36-35-19)22-16-26-27(34-18-22)24-11-10-23(30(2,3)39)17-25(24)38(26)29(20-8-6-5-7-9-20)21-12-14-31(32,33)15-13-21/h2*5-11,16-18,21,29,39H,12-15H2,1-4H3/i2*1D3. The second-order valence-corrected chi connectivity index (χ2v) is 22.4. The van der Waals surface area contributed by atoms with Crippen molar-refractivity contribution >= 4 is 43.9 Å². The van der Waals surface area contributed by atoms with Gasteiger partial charge in [-0.3, -0.25) is 9.97 Å². The van der Waals surface area contributed by atoms with Crippen LogP contribution >= 0.6 is 0 Å². The van der Waals surface area contributed by atoms with Crippen LogP contribution in [0.4, 0.5) is 17.6 Å². The number of hydrogen-bond acceptors (Lipinski definition) is 8. The molecule has 78 heavy (non-hydrogen) atoms.